The number of phenols is 1. The molecule has 2 rings (SSSR count). The summed E-state index contributed by atoms with van der Waals surface area (Å²) in [6, 6.07) is 10.5. The Kier molecular flexibility index (Phi) is 3.14. The number of rotatable bonds is 3. The van der Waals surface area contributed by atoms with Crippen molar-refractivity contribution in [1.82, 2.24) is 0 Å². The Morgan fingerprint density at radius 3 is 2.80 bits per heavy atom. The molecule has 0 bridgehead atoms. The Labute approximate surface area is 96.7 Å². The topological polar surface area (TPSA) is 29.5 Å². The van der Waals surface area contributed by atoms with Crippen molar-refractivity contribution in [3.63, 3.8) is 0 Å². The van der Waals surface area contributed by atoms with Gasteiger partial charge in [0.1, 0.15) is 18.1 Å². The Hall–Kier alpha value is -1.19. The summed E-state index contributed by atoms with van der Waals surface area (Å²) < 4.78 is 6.23. The fraction of sp³-hybridized carbons (Fsp3) is 0.0909. The van der Waals surface area contributed by atoms with Gasteiger partial charge in [0.05, 0.1) is 4.34 Å². The maximum absolute atomic E-state index is 9.22. The van der Waals surface area contributed by atoms with Gasteiger partial charge in [0.25, 0.3) is 0 Å². The van der Waals surface area contributed by atoms with E-state index in [1.54, 1.807) is 24.3 Å². The largest absolute Gasteiger partial charge is 0.508 e. The molecule has 0 unspecified atom stereocenters. The summed E-state index contributed by atoms with van der Waals surface area (Å²) in [6.45, 7) is 0.473. The summed E-state index contributed by atoms with van der Waals surface area (Å²) in [5.41, 5.74) is 0. The minimum Gasteiger partial charge on any atom is -0.508 e. The van der Waals surface area contributed by atoms with Crippen LogP contribution in [0.4, 0.5) is 0 Å². The van der Waals surface area contributed by atoms with Gasteiger partial charge in [-0.3, -0.25) is 0 Å². The average Bonchev–Trinajstić information content (AvgIpc) is 2.62. The summed E-state index contributed by atoms with van der Waals surface area (Å²) in [7, 11) is 0. The van der Waals surface area contributed by atoms with E-state index in [-0.39, 0.29) is 5.75 Å². The average molecular weight is 241 g/mol. The highest BCUT2D eigenvalue weighted by atomic mass is 35.5. The lowest BCUT2D eigenvalue weighted by Crippen LogP contribution is -1.91. The fourth-order valence-corrected chi connectivity index (χ4v) is 2.16. The van der Waals surface area contributed by atoms with E-state index in [2.05, 4.69) is 0 Å². The highest BCUT2D eigenvalue weighted by Gasteiger charge is 1.99. The second-order valence-electron chi connectivity index (χ2n) is 2.99. The standard InChI is InChI=1S/C11H9ClO2S/c12-11-5-4-10(15-11)7-14-9-3-1-2-8(13)6-9/h1-6,13H,7H2. The van der Waals surface area contributed by atoms with Gasteiger partial charge in [0, 0.05) is 10.9 Å². The van der Waals surface area contributed by atoms with Gasteiger partial charge in [-0.05, 0) is 24.3 Å². The first-order valence-electron chi connectivity index (χ1n) is 4.40. The molecular formula is C11H9ClO2S. The van der Waals surface area contributed by atoms with Crippen LogP contribution in [0, 0.1) is 0 Å². The molecule has 0 atom stereocenters. The van der Waals surface area contributed by atoms with Crippen molar-refractivity contribution >= 4 is 22.9 Å². The SMILES string of the molecule is Oc1cccc(OCc2ccc(Cl)s2)c1. The predicted octanol–water partition coefficient (Wildman–Crippen LogP) is 3.69. The molecule has 1 aromatic carbocycles. The number of benzene rings is 1. The molecule has 1 heterocycles. The van der Waals surface area contributed by atoms with Crippen LogP contribution >= 0.6 is 22.9 Å². The van der Waals surface area contributed by atoms with E-state index in [4.69, 9.17) is 16.3 Å². The highest BCUT2D eigenvalue weighted by Crippen LogP contribution is 2.24. The first-order chi connectivity index (χ1) is 7.24. The van der Waals surface area contributed by atoms with Crippen LogP contribution in [-0.2, 0) is 6.61 Å². The number of thiophene rings is 1. The van der Waals surface area contributed by atoms with Crippen molar-refractivity contribution in [1.29, 1.82) is 0 Å². The molecule has 2 aromatic rings. The van der Waals surface area contributed by atoms with E-state index in [1.165, 1.54) is 11.3 Å². The summed E-state index contributed by atoms with van der Waals surface area (Å²) in [6.07, 6.45) is 0. The lowest BCUT2D eigenvalue weighted by atomic mass is 10.3. The van der Waals surface area contributed by atoms with Crippen LogP contribution in [0.15, 0.2) is 36.4 Å². The predicted molar refractivity (Wildman–Crippen MR) is 61.8 cm³/mol. The molecule has 0 aliphatic carbocycles. The Bertz CT molecular complexity index is 453. The zero-order valence-electron chi connectivity index (χ0n) is 7.81. The number of hydrogen-bond acceptors (Lipinski definition) is 3. The third-order valence-corrected chi connectivity index (χ3v) is 3.03. The van der Waals surface area contributed by atoms with Crippen molar-refractivity contribution in [3.8, 4) is 11.5 Å². The summed E-state index contributed by atoms with van der Waals surface area (Å²) in [4.78, 5) is 1.06. The first-order valence-corrected chi connectivity index (χ1v) is 5.59. The number of ether oxygens (including phenoxy) is 1. The normalized spacial score (nSPS) is 10.2. The van der Waals surface area contributed by atoms with E-state index in [0.717, 1.165) is 9.21 Å². The molecule has 0 fully saturated rings. The van der Waals surface area contributed by atoms with Crippen molar-refractivity contribution in [2.75, 3.05) is 0 Å². The molecule has 0 radical (unpaired) electrons. The van der Waals surface area contributed by atoms with Crippen LogP contribution in [0.3, 0.4) is 0 Å². The molecule has 2 nitrogen and oxygen atoms in total. The Morgan fingerprint density at radius 2 is 2.13 bits per heavy atom. The Morgan fingerprint density at radius 1 is 1.27 bits per heavy atom. The lowest BCUT2D eigenvalue weighted by Gasteiger charge is -2.04. The quantitative estimate of drug-likeness (QED) is 0.887. The minimum absolute atomic E-state index is 0.205. The van der Waals surface area contributed by atoms with Crippen molar-refractivity contribution in [3.05, 3.63) is 45.6 Å². The summed E-state index contributed by atoms with van der Waals surface area (Å²) in [5, 5.41) is 9.22. The number of hydrogen-bond donors (Lipinski definition) is 1. The maximum atomic E-state index is 9.22. The summed E-state index contributed by atoms with van der Waals surface area (Å²) >= 11 is 7.28. The maximum Gasteiger partial charge on any atom is 0.123 e. The molecule has 78 valence electrons. The molecule has 0 amide bonds. The fourth-order valence-electron chi connectivity index (χ4n) is 1.16. The van der Waals surface area contributed by atoms with Crippen LogP contribution in [-0.4, -0.2) is 5.11 Å². The van der Waals surface area contributed by atoms with Gasteiger partial charge in [0.15, 0.2) is 0 Å². The molecular weight excluding hydrogens is 232 g/mol. The number of phenolic OH excluding ortho intramolecular Hbond substituents is 1. The van der Waals surface area contributed by atoms with Gasteiger partial charge in [-0.2, -0.15) is 0 Å². The van der Waals surface area contributed by atoms with Crippen LogP contribution < -0.4 is 4.74 Å². The van der Waals surface area contributed by atoms with E-state index >= 15 is 0 Å². The molecule has 1 aromatic heterocycles. The van der Waals surface area contributed by atoms with Gasteiger partial charge in [-0.25, -0.2) is 0 Å². The van der Waals surface area contributed by atoms with Gasteiger partial charge in [0.2, 0.25) is 0 Å². The zero-order chi connectivity index (χ0) is 10.7. The van der Waals surface area contributed by atoms with E-state index in [1.807, 2.05) is 12.1 Å². The molecule has 0 aliphatic rings. The molecule has 0 saturated carbocycles. The van der Waals surface area contributed by atoms with Gasteiger partial charge < -0.3 is 9.84 Å². The molecule has 1 N–H and O–H groups in total. The smallest absolute Gasteiger partial charge is 0.123 e. The minimum atomic E-state index is 0.205. The van der Waals surface area contributed by atoms with E-state index in [0.29, 0.717) is 12.4 Å². The monoisotopic (exact) mass is 240 g/mol. The highest BCUT2D eigenvalue weighted by molar-refractivity contribution is 7.16. The molecule has 4 heteroatoms. The first kappa shape index (κ1) is 10.3. The Balaban J connectivity index is 1.99. The summed E-state index contributed by atoms with van der Waals surface area (Å²) in [5.74, 6) is 0.858. The second-order valence-corrected chi connectivity index (χ2v) is 4.79. The lowest BCUT2D eigenvalue weighted by molar-refractivity contribution is 0.308. The zero-order valence-corrected chi connectivity index (χ0v) is 9.39. The van der Waals surface area contributed by atoms with Gasteiger partial charge >= 0.3 is 0 Å². The van der Waals surface area contributed by atoms with Crippen LogP contribution in [0.25, 0.3) is 0 Å². The third kappa shape index (κ3) is 2.88. The number of halogens is 1. The second kappa shape index (κ2) is 4.55. The molecule has 15 heavy (non-hydrogen) atoms. The molecule has 0 spiro atoms. The van der Waals surface area contributed by atoms with Crippen LogP contribution in [0.2, 0.25) is 4.34 Å². The van der Waals surface area contributed by atoms with E-state index < -0.39 is 0 Å². The third-order valence-electron chi connectivity index (χ3n) is 1.83. The van der Waals surface area contributed by atoms with Gasteiger partial charge in [-0.1, -0.05) is 17.7 Å². The van der Waals surface area contributed by atoms with E-state index in [9.17, 15) is 5.11 Å². The van der Waals surface area contributed by atoms with Crippen LogP contribution in [0.1, 0.15) is 4.88 Å². The van der Waals surface area contributed by atoms with Crippen LogP contribution in [0.5, 0.6) is 11.5 Å². The molecule has 0 saturated heterocycles. The van der Waals surface area contributed by atoms with Crippen molar-refractivity contribution in [2.45, 2.75) is 6.61 Å². The van der Waals surface area contributed by atoms with Crippen molar-refractivity contribution < 1.29 is 9.84 Å². The van der Waals surface area contributed by atoms with Gasteiger partial charge in [-0.15, -0.1) is 11.3 Å². The molecule has 0 aliphatic heterocycles. The van der Waals surface area contributed by atoms with Crippen molar-refractivity contribution in [2.24, 2.45) is 0 Å². The number of aromatic hydroxyl groups is 1.